The zero-order chi connectivity index (χ0) is 39.4. The van der Waals surface area contributed by atoms with Crippen molar-refractivity contribution < 1.29 is 121 Å². The van der Waals surface area contributed by atoms with E-state index in [1.54, 1.807) is 0 Å². The Morgan fingerprint density at radius 3 is 1.60 bits per heavy atom. The van der Waals surface area contributed by atoms with E-state index in [0.717, 1.165) is 53.8 Å². The molecule has 58 heavy (non-hydrogen) atoms. The number of hydrogen-bond acceptors (Lipinski definition) is 20. The van der Waals surface area contributed by atoms with Gasteiger partial charge in [-0.2, -0.15) is 10.5 Å². The Balaban J connectivity index is 0.00000420. The number of carboxylic acid groups (broad SMARTS) is 2. The molecule has 0 radical (unpaired) electrons. The third-order valence-electron chi connectivity index (χ3n) is 7.05. The fourth-order valence-corrected chi connectivity index (χ4v) is 6.19. The first-order chi connectivity index (χ1) is 25.5. The molecule has 26 heteroatoms. The molecular formula is C32H17Li4N9O10S3. The van der Waals surface area contributed by atoms with Crippen molar-refractivity contribution in [3.8, 4) is 12.1 Å². The monoisotopic (exact) mass is 811 g/mol. The molecule has 0 aliphatic carbocycles. The molecule has 0 atom stereocenters. The van der Waals surface area contributed by atoms with Gasteiger partial charge in [0.15, 0.2) is 16.6 Å². The van der Waals surface area contributed by atoms with Crippen molar-refractivity contribution in [1.29, 1.82) is 10.5 Å². The van der Waals surface area contributed by atoms with E-state index in [-0.39, 0.29) is 137 Å². The van der Waals surface area contributed by atoms with Gasteiger partial charge < -0.3 is 39.5 Å². The molecule has 2 heterocycles. The van der Waals surface area contributed by atoms with Crippen molar-refractivity contribution in [3.63, 3.8) is 0 Å². The van der Waals surface area contributed by atoms with Crippen LogP contribution in [0.15, 0.2) is 103 Å². The molecular weight excluding hydrogens is 794 g/mol. The smallest absolute Gasteiger partial charge is 0.744 e. The minimum absolute atomic E-state index is 0. The van der Waals surface area contributed by atoms with Crippen LogP contribution in [-0.2, 0) is 20.2 Å². The van der Waals surface area contributed by atoms with Gasteiger partial charge in [0.2, 0.25) is 0 Å². The molecule has 0 amide bonds. The van der Waals surface area contributed by atoms with E-state index in [9.17, 15) is 56.3 Å². The van der Waals surface area contributed by atoms with E-state index in [2.05, 4.69) is 36.1 Å². The molecule has 2 aromatic heterocycles. The van der Waals surface area contributed by atoms with Crippen molar-refractivity contribution in [2.75, 3.05) is 10.6 Å². The number of aromatic nitrogens is 1. The molecule has 0 saturated heterocycles. The number of nitriles is 2. The summed E-state index contributed by atoms with van der Waals surface area (Å²) in [5, 5.41) is 64.5. The van der Waals surface area contributed by atoms with Crippen molar-refractivity contribution in [2.24, 2.45) is 20.5 Å². The number of azo groups is 2. The molecule has 0 saturated carbocycles. The number of carbonyl (C=O) groups excluding carboxylic acids is 2. The predicted octanol–water partition coefficient (Wildman–Crippen LogP) is -7.94. The molecule has 0 aliphatic rings. The van der Waals surface area contributed by atoms with Crippen LogP contribution in [0, 0.1) is 29.6 Å². The minimum Gasteiger partial charge on any atom is -0.744 e. The molecule has 2 N–H and O–H groups in total. The van der Waals surface area contributed by atoms with Gasteiger partial charge in [-0.3, -0.25) is 0 Å². The number of carbonyl (C=O) groups is 2. The second-order valence-electron chi connectivity index (χ2n) is 10.6. The summed E-state index contributed by atoms with van der Waals surface area (Å²) in [6, 6.07) is 17.3. The van der Waals surface area contributed by atoms with Gasteiger partial charge in [-0.1, -0.05) is 11.3 Å². The number of pyridine rings is 1. The Morgan fingerprint density at radius 1 is 0.690 bits per heavy atom. The SMILES string of the molecule is Cc1c(C#N)c(Nc2ccc(S(=O)(=O)[O-])cc2)nc(Nc2ccc(S(=O)(=O)[O-])cc2)c1N=Nc1sc(N=Nc2cc(C(=O)[O-])cc(C(=O)[O-])c2)cc1C#N.[Li+].[Li+].[Li+].[Li+]. The van der Waals surface area contributed by atoms with E-state index >= 15 is 0 Å². The van der Waals surface area contributed by atoms with Gasteiger partial charge >= 0.3 is 75.4 Å². The van der Waals surface area contributed by atoms with Crippen LogP contribution in [0.5, 0.6) is 0 Å². The van der Waals surface area contributed by atoms with Crippen LogP contribution in [0.1, 0.15) is 37.4 Å². The number of anilines is 4. The normalized spacial score (nSPS) is 10.8. The molecule has 272 valence electrons. The summed E-state index contributed by atoms with van der Waals surface area (Å²) >= 11 is 0.810. The van der Waals surface area contributed by atoms with Gasteiger partial charge in [0.05, 0.1) is 38.5 Å². The average molecular weight is 812 g/mol. The predicted molar refractivity (Wildman–Crippen MR) is 182 cm³/mol. The van der Waals surface area contributed by atoms with Crippen LogP contribution in [0.25, 0.3) is 0 Å². The molecule has 0 unspecified atom stereocenters. The van der Waals surface area contributed by atoms with Gasteiger partial charge in [0.25, 0.3) is 0 Å². The van der Waals surface area contributed by atoms with E-state index in [4.69, 9.17) is 0 Å². The molecule has 0 aliphatic heterocycles. The van der Waals surface area contributed by atoms with Gasteiger partial charge in [-0.15, -0.1) is 20.5 Å². The number of rotatable bonds is 12. The first-order valence-corrected chi connectivity index (χ1v) is 18.2. The first kappa shape index (κ1) is 51.5. The van der Waals surface area contributed by atoms with Crippen LogP contribution in [0.2, 0.25) is 0 Å². The van der Waals surface area contributed by atoms with Crippen molar-refractivity contribution in [1.82, 2.24) is 4.98 Å². The third-order valence-corrected chi connectivity index (χ3v) is 9.65. The standard InChI is InChI=1S/C32H21N9O10S3.4Li/c1-16-25(15-34)28(35-20-2-6-23(7-3-20)53(46,47)48)37-29(36-21-4-8-24(9-5-21)54(49,50)51)27(16)40-41-30-19(14-33)13-26(52-30)39-38-22-11-17(31(42)43)10-18(12-22)32(44)45;;;;/h2-13H,1H3,(H,42,43)(H,44,45)(H2,35,36,37)(H,46,47,48)(H,49,50,51);;;;/q;4*+1/p-4. The topological polar surface area (TPSA) is 329 Å². The fourth-order valence-electron chi connectivity index (χ4n) is 4.49. The number of nitrogens with zero attached hydrogens (tertiary/aromatic N) is 7. The van der Waals surface area contributed by atoms with E-state index in [0.29, 0.717) is 0 Å². The molecule has 0 fully saturated rings. The molecule has 0 bridgehead atoms. The molecule has 5 rings (SSSR count). The summed E-state index contributed by atoms with van der Waals surface area (Å²) in [4.78, 5) is 26.1. The molecule has 0 spiro atoms. The summed E-state index contributed by atoms with van der Waals surface area (Å²) in [5.41, 5.74) is -0.654. The second kappa shape index (κ2) is 21.4. The Morgan fingerprint density at radius 2 is 1.17 bits per heavy atom. The number of hydrogen-bond donors (Lipinski definition) is 2. The van der Waals surface area contributed by atoms with Crippen molar-refractivity contribution in [2.45, 2.75) is 16.7 Å². The minimum atomic E-state index is -4.77. The van der Waals surface area contributed by atoms with E-state index < -0.39 is 53.1 Å². The molecule has 3 aromatic carbocycles. The number of thiophene rings is 1. The Bertz CT molecular complexity index is 2690. The summed E-state index contributed by atoms with van der Waals surface area (Å²) in [6.45, 7) is 1.49. The molecule has 5 aromatic rings. The van der Waals surface area contributed by atoms with E-state index in [1.165, 1.54) is 37.3 Å². The van der Waals surface area contributed by atoms with Crippen LogP contribution in [0.3, 0.4) is 0 Å². The Labute approximate surface area is 381 Å². The second-order valence-corrected chi connectivity index (χ2v) is 14.4. The number of nitrogens with one attached hydrogen (secondary N) is 2. The van der Waals surface area contributed by atoms with Crippen molar-refractivity contribution >= 4 is 87.9 Å². The zero-order valence-electron chi connectivity index (χ0n) is 30.9. The van der Waals surface area contributed by atoms with Gasteiger partial charge in [-0.25, -0.2) is 21.8 Å². The van der Waals surface area contributed by atoms with E-state index in [1.807, 2.05) is 12.1 Å². The summed E-state index contributed by atoms with van der Waals surface area (Å²) in [6.07, 6.45) is 0. The fraction of sp³-hybridized carbons (Fsp3) is 0.0312. The summed E-state index contributed by atoms with van der Waals surface area (Å²) in [5.74, 6) is -3.46. The summed E-state index contributed by atoms with van der Waals surface area (Å²) in [7, 11) is -9.51. The summed E-state index contributed by atoms with van der Waals surface area (Å²) < 4.78 is 68.4. The number of aromatic carboxylic acids is 2. The quantitative estimate of drug-likeness (QED) is 0.0671. The first-order valence-electron chi connectivity index (χ1n) is 14.5. The maximum Gasteiger partial charge on any atom is 1.00 e. The van der Waals surface area contributed by atoms with Crippen LogP contribution < -0.4 is 96.3 Å². The number of carboxylic acids is 2. The van der Waals surface area contributed by atoms with Gasteiger partial charge in [0.1, 0.15) is 43.1 Å². The van der Waals surface area contributed by atoms with Crippen LogP contribution >= 0.6 is 11.3 Å². The van der Waals surface area contributed by atoms with Gasteiger partial charge in [-0.05, 0) is 79.7 Å². The largest absolute Gasteiger partial charge is 1.00 e. The van der Waals surface area contributed by atoms with Crippen LogP contribution in [0.4, 0.5) is 44.4 Å². The maximum absolute atomic E-state index is 11.4. The maximum atomic E-state index is 11.4. The Hall–Kier alpha value is -4.56. The Kier molecular flexibility index (Phi) is 19.0. The average Bonchev–Trinajstić information content (AvgIpc) is 3.52. The zero-order valence-corrected chi connectivity index (χ0v) is 33.3. The third kappa shape index (κ3) is 12.7. The van der Waals surface area contributed by atoms with Crippen molar-refractivity contribution in [3.05, 3.63) is 101 Å². The molecule has 19 nitrogen and oxygen atoms in total. The van der Waals surface area contributed by atoms with Crippen LogP contribution in [-0.4, -0.2) is 42.9 Å². The van der Waals surface area contributed by atoms with Gasteiger partial charge in [0, 0.05) is 28.1 Å². The number of benzene rings is 3.